The third-order valence-electron chi connectivity index (χ3n) is 9.30. The molecule has 0 fully saturated rings. The Balaban J connectivity index is 4.15. The first-order chi connectivity index (χ1) is 23.6. The molecule has 5 nitrogen and oxygen atoms in total. The SMILES string of the molecule is CCCCCCCC/C=C\CCCCCCCC(=O)OCC(COCCCCCCCCCC)OC(=O)CCCCCCCCCCC. The van der Waals surface area contributed by atoms with Gasteiger partial charge in [-0.1, -0.05) is 181 Å². The summed E-state index contributed by atoms with van der Waals surface area (Å²) in [4.78, 5) is 25.0. The Morgan fingerprint density at radius 1 is 0.438 bits per heavy atom. The van der Waals surface area contributed by atoms with Crippen molar-refractivity contribution in [1.82, 2.24) is 0 Å². The third kappa shape index (κ3) is 37.5. The van der Waals surface area contributed by atoms with Crippen LogP contribution in [-0.2, 0) is 23.8 Å². The lowest BCUT2D eigenvalue weighted by atomic mass is 10.1. The summed E-state index contributed by atoms with van der Waals surface area (Å²) in [6.07, 6.45) is 42.0. The quantitative estimate of drug-likeness (QED) is 0.0368. The maximum absolute atomic E-state index is 12.6. The Bertz CT molecular complexity index is 691. The predicted octanol–water partition coefficient (Wildman–Crippen LogP) is 13.6. The highest BCUT2D eigenvalue weighted by molar-refractivity contribution is 5.70. The minimum atomic E-state index is -0.525. The molecule has 0 heterocycles. The molecule has 0 N–H and O–H groups in total. The van der Waals surface area contributed by atoms with E-state index in [-0.39, 0.29) is 18.5 Å². The second-order valence-electron chi connectivity index (χ2n) is 14.3. The molecule has 0 bridgehead atoms. The zero-order valence-corrected chi connectivity index (χ0v) is 32.5. The lowest BCUT2D eigenvalue weighted by Gasteiger charge is -2.18. The molecular formula is C43H82O5. The minimum Gasteiger partial charge on any atom is -0.462 e. The number of hydrogen-bond acceptors (Lipinski definition) is 5. The first-order valence-corrected chi connectivity index (χ1v) is 21.2. The van der Waals surface area contributed by atoms with Gasteiger partial charge in [0.05, 0.1) is 6.61 Å². The normalized spacial score (nSPS) is 12.1. The molecular weight excluding hydrogens is 596 g/mol. The van der Waals surface area contributed by atoms with Crippen LogP contribution in [0.25, 0.3) is 0 Å². The van der Waals surface area contributed by atoms with E-state index < -0.39 is 6.10 Å². The zero-order chi connectivity index (χ0) is 35.0. The zero-order valence-electron chi connectivity index (χ0n) is 32.5. The van der Waals surface area contributed by atoms with Gasteiger partial charge in [-0.15, -0.1) is 0 Å². The van der Waals surface area contributed by atoms with Gasteiger partial charge >= 0.3 is 11.9 Å². The van der Waals surface area contributed by atoms with Crippen molar-refractivity contribution >= 4 is 11.9 Å². The largest absolute Gasteiger partial charge is 0.462 e. The monoisotopic (exact) mass is 679 g/mol. The molecule has 0 aliphatic rings. The van der Waals surface area contributed by atoms with Crippen LogP contribution in [0.4, 0.5) is 0 Å². The summed E-state index contributed by atoms with van der Waals surface area (Å²) >= 11 is 0. The maximum Gasteiger partial charge on any atom is 0.306 e. The highest BCUT2D eigenvalue weighted by atomic mass is 16.6. The van der Waals surface area contributed by atoms with Gasteiger partial charge in [0.25, 0.3) is 0 Å². The van der Waals surface area contributed by atoms with Crippen molar-refractivity contribution in [3.05, 3.63) is 12.2 Å². The highest BCUT2D eigenvalue weighted by Crippen LogP contribution is 2.14. The Kier molecular flexibility index (Phi) is 38.9. The summed E-state index contributed by atoms with van der Waals surface area (Å²) in [5.41, 5.74) is 0. The van der Waals surface area contributed by atoms with Gasteiger partial charge in [0.15, 0.2) is 6.10 Å². The van der Waals surface area contributed by atoms with E-state index >= 15 is 0 Å². The van der Waals surface area contributed by atoms with Crippen LogP contribution in [0, 0.1) is 0 Å². The van der Waals surface area contributed by atoms with E-state index in [1.807, 2.05) is 0 Å². The lowest BCUT2D eigenvalue weighted by Crippen LogP contribution is -2.30. The highest BCUT2D eigenvalue weighted by Gasteiger charge is 2.17. The molecule has 1 atom stereocenters. The minimum absolute atomic E-state index is 0.0881. The average Bonchev–Trinajstić information content (AvgIpc) is 3.08. The molecule has 0 rings (SSSR count). The molecule has 5 heteroatoms. The number of hydrogen-bond donors (Lipinski definition) is 0. The number of ether oxygens (including phenoxy) is 3. The van der Waals surface area contributed by atoms with Crippen molar-refractivity contribution < 1.29 is 23.8 Å². The number of esters is 2. The molecule has 0 spiro atoms. The fourth-order valence-electron chi connectivity index (χ4n) is 6.09. The molecule has 0 radical (unpaired) electrons. The van der Waals surface area contributed by atoms with Gasteiger partial charge in [0.1, 0.15) is 6.61 Å². The molecule has 1 unspecified atom stereocenters. The summed E-state index contributed by atoms with van der Waals surface area (Å²) in [5.74, 6) is -0.400. The fourth-order valence-corrected chi connectivity index (χ4v) is 6.09. The van der Waals surface area contributed by atoms with E-state index in [4.69, 9.17) is 14.2 Å². The van der Waals surface area contributed by atoms with Crippen molar-refractivity contribution in [1.29, 1.82) is 0 Å². The Hall–Kier alpha value is -1.36. The van der Waals surface area contributed by atoms with Crippen molar-refractivity contribution in [3.8, 4) is 0 Å². The first-order valence-electron chi connectivity index (χ1n) is 21.2. The summed E-state index contributed by atoms with van der Waals surface area (Å²) in [6.45, 7) is 7.80. The third-order valence-corrected chi connectivity index (χ3v) is 9.30. The van der Waals surface area contributed by atoms with Crippen molar-refractivity contribution in [2.45, 2.75) is 232 Å². The summed E-state index contributed by atoms with van der Waals surface area (Å²) in [6, 6.07) is 0. The average molecular weight is 679 g/mol. The van der Waals surface area contributed by atoms with Gasteiger partial charge < -0.3 is 14.2 Å². The van der Waals surface area contributed by atoms with E-state index in [9.17, 15) is 9.59 Å². The summed E-state index contributed by atoms with van der Waals surface area (Å²) < 4.78 is 17.2. The molecule has 0 aromatic heterocycles. The summed E-state index contributed by atoms with van der Waals surface area (Å²) in [7, 11) is 0. The van der Waals surface area contributed by atoms with Gasteiger partial charge in [-0.2, -0.15) is 0 Å². The number of carbonyl (C=O) groups excluding carboxylic acids is 2. The maximum atomic E-state index is 12.6. The second-order valence-corrected chi connectivity index (χ2v) is 14.3. The van der Waals surface area contributed by atoms with E-state index in [1.54, 1.807) is 0 Å². The number of rotatable bonds is 39. The van der Waals surface area contributed by atoms with Gasteiger partial charge in [0, 0.05) is 19.4 Å². The van der Waals surface area contributed by atoms with E-state index in [1.165, 1.54) is 148 Å². The molecule has 0 aliphatic carbocycles. The Labute approximate surface area is 299 Å². The van der Waals surface area contributed by atoms with Crippen LogP contribution in [0.3, 0.4) is 0 Å². The van der Waals surface area contributed by atoms with Crippen LogP contribution in [0.1, 0.15) is 226 Å². The van der Waals surface area contributed by atoms with Crippen LogP contribution in [0.15, 0.2) is 12.2 Å². The molecule has 0 amide bonds. The van der Waals surface area contributed by atoms with Crippen molar-refractivity contribution in [2.75, 3.05) is 19.8 Å². The molecule has 0 aromatic carbocycles. The van der Waals surface area contributed by atoms with Gasteiger partial charge in [-0.3, -0.25) is 9.59 Å². The van der Waals surface area contributed by atoms with Crippen LogP contribution >= 0.6 is 0 Å². The standard InChI is InChI=1S/C43H82O5/c1-4-7-10-13-16-19-20-21-22-23-24-26-27-30-33-36-42(44)47-40-41(39-46-38-35-32-29-18-15-12-9-6-3)48-43(45)37-34-31-28-25-17-14-11-8-5-2/h21-22,41H,4-20,23-40H2,1-3H3/b22-21-. The van der Waals surface area contributed by atoms with E-state index in [2.05, 4.69) is 32.9 Å². The smallest absolute Gasteiger partial charge is 0.306 e. The molecule has 0 saturated carbocycles. The van der Waals surface area contributed by atoms with Crippen LogP contribution in [0.2, 0.25) is 0 Å². The molecule has 0 saturated heterocycles. The lowest BCUT2D eigenvalue weighted by molar-refractivity contribution is -0.163. The van der Waals surface area contributed by atoms with E-state index in [0.717, 1.165) is 44.9 Å². The van der Waals surface area contributed by atoms with Crippen molar-refractivity contribution in [2.24, 2.45) is 0 Å². The van der Waals surface area contributed by atoms with Crippen molar-refractivity contribution in [3.63, 3.8) is 0 Å². The van der Waals surface area contributed by atoms with Crippen LogP contribution < -0.4 is 0 Å². The van der Waals surface area contributed by atoms with Crippen LogP contribution in [-0.4, -0.2) is 37.9 Å². The molecule has 48 heavy (non-hydrogen) atoms. The molecule has 0 aromatic rings. The van der Waals surface area contributed by atoms with Gasteiger partial charge in [-0.25, -0.2) is 0 Å². The number of allylic oxidation sites excluding steroid dienone is 2. The van der Waals surface area contributed by atoms with Gasteiger partial charge in [0.2, 0.25) is 0 Å². The van der Waals surface area contributed by atoms with Gasteiger partial charge in [-0.05, 0) is 44.9 Å². The molecule has 0 aliphatic heterocycles. The molecule has 284 valence electrons. The van der Waals surface area contributed by atoms with E-state index in [0.29, 0.717) is 26.1 Å². The fraction of sp³-hybridized carbons (Fsp3) is 0.907. The number of unbranched alkanes of at least 4 members (excludes halogenated alkanes) is 26. The first kappa shape index (κ1) is 46.6. The number of carbonyl (C=O) groups is 2. The Morgan fingerprint density at radius 3 is 1.27 bits per heavy atom. The second kappa shape index (κ2) is 40.1. The predicted molar refractivity (Wildman–Crippen MR) is 206 cm³/mol. The topological polar surface area (TPSA) is 61.8 Å². The summed E-state index contributed by atoms with van der Waals surface area (Å²) in [5, 5.41) is 0. The Morgan fingerprint density at radius 2 is 0.812 bits per heavy atom. The van der Waals surface area contributed by atoms with Crippen LogP contribution in [0.5, 0.6) is 0 Å².